The lowest BCUT2D eigenvalue weighted by molar-refractivity contribution is -0.760. The first-order valence-electron chi connectivity index (χ1n) is 6.89. The molecule has 7 nitrogen and oxygen atoms in total. The number of rotatable bonds is 5. The van der Waals surface area contributed by atoms with Gasteiger partial charge in [-0.25, -0.2) is 0 Å². The van der Waals surface area contributed by atoms with Crippen molar-refractivity contribution in [3.8, 4) is 0 Å². The van der Waals surface area contributed by atoms with E-state index in [0.717, 1.165) is 12.8 Å². The first-order chi connectivity index (χ1) is 9.11. The molecule has 1 saturated heterocycles. The minimum atomic E-state index is -0.780. The standard InChI is InChI=1S/C13H24N2O5/c1-6-11(16)20-14-12(2,3)8-7-10(13(14,4)5)9-19-15(17)18/h10H,6-9H2,1-5H3. The third-order valence-electron chi connectivity index (χ3n) is 4.04. The van der Waals surface area contributed by atoms with Crippen molar-refractivity contribution < 1.29 is 19.6 Å². The molecule has 116 valence electrons. The van der Waals surface area contributed by atoms with Gasteiger partial charge in [-0.2, -0.15) is 0 Å². The molecule has 0 amide bonds. The molecule has 0 aliphatic carbocycles. The van der Waals surface area contributed by atoms with E-state index in [0.29, 0.717) is 6.42 Å². The van der Waals surface area contributed by atoms with Crippen LogP contribution < -0.4 is 0 Å². The van der Waals surface area contributed by atoms with Gasteiger partial charge in [0.2, 0.25) is 0 Å². The topological polar surface area (TPSA) is 81.9 Å². The minimum absolute atomic E-state index is 0.0102. The number of carbonyl (C=O) groups is 1. The van der Waals surface area contributed by atoms with Gasteiger partial charge in [-0.15, -0.1) is 15.2 Å². The SMILES string of the molecule is CCC(=O)ON1C(C)(C)CCC(CO[N+](=O)[O-])C1(C)C. The largest absolute Gasteiger partial charge is 0.367 e. The minimum Gasteiger partial charge on any atom is -0.367 e. The summed E-state index contributed by atoms with van der Waals surface area (Å²) in [5.74, 6) is -0.382. The molecule has 0 aromatic rings. The highest BCUT2D eigenvalue weighted by molar-refractivity contribution is 5.68. The predicted molar refractivity (Wildman–Crippen MR) is 72.1 cm³/mol. The molecular formula is C13H24N2O5. The Morgan fingerprint density at radius 1 is 1.40 bits per heavy atom. The molecule has 7 heteroatoms. The maximum Gasteiger partial charge on any atom is 0.324 e. The maximum atomic E-state index is 11.6. The highest BCUT2D eigenvalue weighted by Gasteiger charge is 2.50. The van der Waals surface area contributed by atoms with Gasteiger partial charge >= 0.3 is 5.97 Å². The fourth-order valence-electron chi connectivity index (χ4n) is 2.77. The molecule has 1 rings (SSSR count). The van der Waals surface area contributed by atoms with Crippen LogP contribution in [0, 0.1) is 16.0 Å². The molecular weight excluding hydrogens is 264 g/mol. The van der Waals surface area contributed by atoms with Gasteiger partial charge in [0.25, 0.3) is 5.09 Å². The zero-order valence-corrected chi connectivity index (χ0v) is 12.8. The molecule has 0 spiro atoms. The summed E-state index contributed by atoms with van der Waals surface area (Å²) in [4.78, 5) is 32.0. The fourth-order valence-corrected chi connectivity index (χ4v) is 2.77. The number of hydrogen-bond acceptors (Lipinski definition) is 6. The summed E-state index contributed by atoms with van der Waals surface area (Å²) in [6.45, 7) is 9.59. The summed E-state index contributed by atoms with van der Waals surface area (Å²) in [6.07, 6.45) is 1.85. The number of nitrogens with zero attached hydrogens (tertiary/aromatic N) is 2. The summed E-state index contributed by atoms with van der Waals surface area (Å²) < 4.78 is 0. The lowest BCUT2D eigenvalue weighted by atomic mass is 9.74. The quantitative estimate of drug-likeness (QED) is 0.570. The van der Waals surface area contributed by atoms with Crippen molar-refractivity contribution in [2.75, 3.05) is 6.61 Å². The van der Waals surface area contributed by atoms with Crippen LogP contribution in [0.1, 0.15) is 53.9 Å². The van der Waals surface area contributed by atoms with E-state index in [1.807, 2.05) is 27.7 Å². The first kappa shape index (κ1) is 16.7. The summed E-state index contributed by atoms with van der Waals surface area (Å²) in [5, 5.41) is 11.3. The van der Waals surface area contributed by atoms with Crippen LogP contribution in [0.15, 0.2) is 0 Å². The van der Waals surface area contributed by atoms with Crippen LogP contribution in [0.25, 0.3) is 0 Å². The highest BCUT2D eigenvalue weighted by Crippen LogP contribution is 2.42. The van der Waals surface area contributed by atoms with Crippen LogP contribution in [0.4, 0.5) is 0 Å². The Kier molecular flexibility index (Phi) is 4.96. The van der Waals surface area contributed by atoms with Crippen molar-refractivity contribution in [2.24, 2.45) is 5.92 Å². The second kappa shape index (κ2) is 5.95. The molecule has 1 unspecified atom stereocenters. The Balaban J connectivity index is 2.90. The Bertz CT molecular complexity index is 381. The molecule has 20 heavy (non-hydrogen) atoms. The molecule has 0 aromatic carbocycles. The van der Waals surface area contributed by atoms with E-state index in [2.05, 4.69) is 4.84 Å². The van der Waals surface area contributed by atoms with Gasteiger partial charge in [-0.3, -0.25) is 4.79 Å². The third-order valence-corrected chi connectivity index (χ3v) is 4.04. The molecule has 1 heterocycles. The average molecular weight is 288 g/mol. The zero-order valence-electron chi connectivity index (χ0n) is 12.8. The predicted octanol–water partition coefficient (Wildman–Crippen LogP) is 2.33. The van der Waals surface area contributed by atoms with Crippen molar-refractivity contribution in [2.45, 2.75) is 65.0 Å². The average Bonchev–Trinajstić information content (AvgIpc) is 2.32. The van der Waals surface area contributed by atoms with Crippen molar-refractivity contribution in [1.29, 1.82) is 0 Å². The van der Waals surface area contributed by atoms with Crippen molar-refractivity contribution >= 4 is 5.97 Å². The normalized spacial score (nSPS) is 24.9. The van der Waals surface area contributed by atoms with Crippen molar-refractivity contribution in [3.05, 3.63) is 10.1 Å². The van der Waals surface area contributed by atoms with Crippen LogP contribution in [0.3, 0.4) is 0 Å². The van der Waals surface area contributed by atoms with E-state index >= 15 is 0 Å². The summed E-state index contributed by atoms with van der Waals surface area (Å²) in [5.41, 5.74) is -0.831. The second-order valence-corrected chi connectivity index (χ2v) is 6.33. The Morgan fingerprint density at radius 3 is 2.50 bits per heavy atom. The van der Waals surface area contributed by atoms with Gasteiger partial charge in [-0.05, 0) is 40.5 Å². The van der Waals surface area contributed by atoms with Crippen LogP contribution >= 0.6 is 0 Å². The van der Waals surface area contributed by atoms with E-state index in [1.165, 1.54) is 0 Å². The summed E-state index contributed by atoms with van der Waals surface area (Å²) >= 11 is 0. The molecule has 0 bridgehead atoms. The van der Waals surface area contributed by atoms with Crippen LogP contribution in [-0.4, -0.2) is 33.8 Å². The van der Waals surface area contributed by atoms with Crippen LogP contribution in [0.5, 0.6) is 0 Å². The summed E-state index contributed by atoms with van der Waals surface area (Å²) in [7, 11) is 0. The van der Waals surface area contributed by atoms with Gasteiger partial charge in [-0.1, -0.05) is 6.92 Å². The van der Waals surface area contributed by atoms with E-state index in [4.69, 9.17) is 4.84 Å². The maximum absolute atomic E-state index is 11.6. The number of hydroxylamine groups is 2. The molecule has 0 radical (unpaired) electrons. The number of carbonyl (C=O) groups excluding carboxylic acids is 1. The monoisotopic (exact) mass is 288 g/mol. The Labute approximate surface area is 119 Å². The molecule has 1 aliphatic heterocycles. The summed E-state index contributed by atoms with van der Waals surface area (Å²) in [6, 6.07) is 0. The third kappa shape index (κ3) is 3.59. The van der Waals surface area contributed by atoms with Gasteiger partial charge < -0.3 is 9.68 Å². The Hall–Kier alpha value is -1.37. The van der Waals surface area contributed by atoms with Crippen LogP contribution in [0.2, 0.25) is 0 Å². The highest BCUT2D eigenvalue weighted by atomic mass is 16.9. The smallest absolute Gasteiger partial charge is 0.324 e. The first-order valence-corrected chi connectivity index (χ1v) is 6.89. The zero-order chi connectivity index (χ0) is 15.6. The second-order valence-electron chi connectivity index (χ2n) is 6.33. The van der Waals surface area contributed by atoms with E-state index in [1.54, 1.807) is 12.0 Å². The van der Waals surface area contributed by atoms with Gasteiger partial charge in [0.1, 0.15) is 6.61 Å². The van der Waals surface area contributed by atoms with E-state index in [-0.39, 0.29) is 24.0 Å². The van der Waals surface area contributed by atoms with E-state index < -0.39 is 10.6 Å². The van der Waals surface area contributed by atoms with Gasteiger partial charge in [0.15, 0.2) is 0 Å². The van der Waals surface area contributed by atoms with Crippen molar-refractivity contribution in [3.63, 3.8) is 0 Å². The van der Waals surface area contributed by atoms with Gasteiger partial charge in [0.05, 0.1) is 11.1 Å². The lowest BCUT2D eigenvalue weighted by Gasteiger charge is -2.53. The Morgan fingerprint density at radius 2 is 2.00 bits per heavy atom. The van der Waals surface area contributed by atoms with Crippen LogP contribution in [-0.2, 0) is 14.5 Å². The molecule has 0 N–H and O–H groups in total. The lowest BCUT2D eigenvalue weighted by Crippen LogP contribution is -2.63. The molecule has 0 aromatic heterocycles. The number of hydrogen-bond donors (Lipinski definition) is 0. The molecule has 0 saturated carbocycles. The molecule has 1 fully saturated rings. The number of piperidine rings is 1. The molecule has 1 aliphatic rings. The van der Waals surface area contributed by atoms with Gasteiger partial charge in [0, 0.05) is 12.3 Å². The molecule has 1 atom stereocenters. The fraction of sp³-hybridized carbons (Fsp3) is 0.923. The van der Waals surface area contributed by atoms with Crippen molar-refractivity contribution in [1.82, 2.24) is 5.06 Å². The van der Waals surface area contributed by atoms with E-state index in [9.17, 15) is 14.9 Å².